The van der Waals surface area contributed by atoms with Gasteiger partial charge in [-0.05, 0) is 79.4 Å². The summed E-state index contributed by atoms with van der Waals surface area (Å²) in [6.45, 7) is 6.57. The smallest absolute Gasteiger partial charge is 0.229 e. The van der Waals surface area contributed by atoms with Crippen molar-refractivity contribution in [2.24, 2.45) is 5.92 Å². The molecule has 1 N–H and O–H groups in total. The number of nitrogens with one attached hydrogen (secondary N) is 1. The molecule has 4 rings (SSSR count). The Morgan fingerprint density at radius 1 is 1.03 bits per heavy atom. The van der Waals surface area contributed by atoms with E-state index in [-0.39, 0.29) is 24.2 Å². The number of hydrogen-bond acceptors (Lipinski definition) is 3. The number of hydrogen-bond donors (Lipinski definition) is 1. The van der Waals surface area contributed by atoms with Crippen LogP contribution in [0, 0.1) is 19.8 Å². The highest BCUT2D eigenvalue weighted by atomic mass is 16.5. The Bertz CT molecular complexity index is 1120. The number of ether oxygens (including phenoxy) is 1. The van der Waals surface area contributed by atoms with Gasteiger partial charge < -0.3 is 15.0 Å². The largest absolute Gasteiger partial charge is 0.457 e. The first-order valence-electron chi connectivity index (χ1n) is 11.0. The summed E-state index contributed by atoms with van der Waals surface area (Å²) in [7, 11) is 0. The summed E-state index contributed by atoms with van der Waals surface area (Å²) in [6, 6.07) is 21.2. The molecule has 0 spiro atoms. The molecule has 3 aromatic rings. The number of rotatable bonds is 6. The second-order valence-corrected chi connectivity index (χ2v) is 8.24. The van der Waals surface area contributed by atoms with Crippen LogP contribution >= 0.6 is 0 Å². The van der Waals surface area contributed by atoms with Crippen molar-refractivity contribution in [3.05, 3.63) is 83.4 Å². The first-order valence-corrected chi connectivity index (χ1v) is 11.0. The highest BCUT2D eigenvalue weighted by Gasteiger charge is 2.35. The highest BCUT2D eigenvalue weighted by molar-refractivity contribution is 6.03. The molecular formula is C27H28N2O3. The molecule has 164 valence electrons. The lowest BCUT2D eigenvalue weighted by molar-refractivity contribution is -0.122. The van der Waals surface area contributed by atoms with Gasteiger partial charge in [0.25, 0.3) is 0 Å². The van der Waals surface area contributed by atoms with Gasteiger partial charge in [0.05, 0.1) is 5.92 Å². The zero-order valence-corrected chi connectivity index (χ0v) is 18.7. The van der Waals surface area contributed by atoms with Crippen molar-refractivity contribution in [1.82, 2.24) is 0 Å². The van der Waals surface area contributed by atoms with Crippen LogP contribution in [-0.2, 0) is 16.0 Å². The maximum Gasteiger partial charge on any atom is 0.229 e. The molecule has 1 atom stereocenters. The minimum absolute atomic E-state index is 0.0216. The van der Waals surface area contributed by atoms with Crippen molar-refractivity contribution in [2.75, 3.05) is 16.8 Å². The molecule has 2 amide bonds. The van der Waals surface area contributed by atoms with Crippen molar-refractivity contribution >= 4 is 23.2 Å². The minimum Gasteiger partial charge on any atom is -0.457 e. The van der Waals surface area contributed by atoms with Gasteiger partial charge in [0.2, 0.25) is 11.8 Å². The van der Waals surface area contributed by atoms with E-state index in [0.29, 0.717) is 18.0 Å². The molecule has 0 bridgehead atoms. The fourth-order valence-corrected chi connectivity index (χ4v) is 3.86. The zero-order valence-electron chi connectivity index (χ0n) is 18.7. The van der Waals surface area contributed by atoms with Gasteiger partial charge in [0.15, 0.2) is 0 Å². The van der Waals surface area contributed by atoms with E-state index in [1.165, 1.54) is 11.1 Å². The van der Waals surface area contributed by atoms with Crippen LogP contribution in [0.5, 0.6) is 11.5 Å². The average Bonchev–Trinajstić information content (AvgIpc) is 3.20. The summed E-state index contributed by atoms with van der Waals surface area (Å²) >= 11 is 0. The first kappa shape index (κ1) is 21.6. The number of anilines is 2. The van der Waals surface area contributed by atoms with Gasteiger partial charge in [-0.2, -0.15) is 0 Å². The summed E-state index contributed by atoms with van der Waals surface area (Å²) in [5.41, 5.74) is 5.02. The SMILES string of the molecule is CCc1ccc(N2C[C@H](C(=O)Nc3ccc(Oc4cccc(C)c4C)cc3)CC2=O)cc1. The Balaban J connectivity index is 1.37. The van der Waals surface area contributed by atoms with Crippen LogP contribution < -0.4 is 15.0 Å². The molecule has 3 aromatic carbocycles. The number of carbonyl (C=O) groups excluding carboxylic acids is 2. The van der Waals surface area contributed by atoms with Gasteiger partial charge in [0, 0.05) is 24.3 Å². The molecule has 1 saturated heterocycles. The van der Waals surface area contributed by atoms with Gasteiger partial charge in [-0.15, -0.1) is 0 Å². The summed E-state index contributed by atoms with van der Waals surface area (Å²) < 4.78 is 5.98. The fourth-order valence-electron chi connectivity index (χ4n) is 3.86. The third-order valence-corrected chi connectivity index (χ3v) is 6.06. The molecule has 32 heavy (non-hydrogen) atoms. The van der Waals surface area contributed by atoms with Crippen LogP contribution in [0.2, 0.25) is 0 Å². The van der Waals surface area contributed by atoms with Crippen molar-refractivity contribution < 1.29 is 14.3 Å². The van der Waals surface area contributed by atoms with E-state index >= 15 is 0 Å². The molecule has 0 aliphatic carbocycles. The van der Waals surface area contributed by atoms with Gasteiger partial charge in [-0.3, -0.25) is 9.59 Å². The van der Waals surface area contributed by atoms with E-state index in [1.54, 1.807) is 4.90 Å². The van der Waals surface area contributed by atoms with Crippen LogP contribution in [0.1, 0.15) is 30.0 Å². The second-order valence-electron chi connectivity index (χ2n) is 8.24. The van der Waals surface area contributed by atoms with Crippen LogP contribution in [-0.4, -0.2) is 18.4 Å². The van der Waals surface area contributed by atoms with Gasteiger partial charge in [0.1, 0.15) is 11.5 Å². The zero-order chi connectivity index (χ0) is 22.7. The van der Waals surface area contributed by atoms with Crippen molar-refractivity contribution in [3.8, 4) is 11.5 Å². The Morgan fingerprint density at radius 3 is 2.44 bits per heavy atom. The highest BCUT2D eigenvalue weighted by Crippen LogP contribution is 2.29. The Hall–Kier alpha value is -3.60. The van der Waals surface area contributed by atoms with E-state index in [4.69, 9.17) is 4.74 Å². The summed E-state index contributed by atoms with van der Waals surface area (Å²) in [4.78, 5) is 27.0. The maximum absolute atomic E-state index is 12.8. The van der Waals surface area contributed by atoms with E-state index in [1.807, 2.05) is 67.6 Å². The Morgan fingerprint density at radius 2 is 1.75 bits per heavy atom. The topological polar surface area (TPSA) is 58.6 Å². The average molecular weight is 429 g/mol. The number of aryl methyl sites for hydroxylation is 2. The molecule has 0 aromatic heterocycles. The van der Waals surface area contributed by atoms with E-state index in [0.717, 1.165) is 23.4 Å². The molecule has 0 unspecified atom stereocenters. The third kappa shape index (κ3) is 4.67. The van der Waals surface area contributed by atoms with E-state index < -0.39 is 0 Å². The molecule has 5 heteroatoms. The van der Waals surface area contributed by atoms with Gasteiger partial charge in [-0.1, -0.05) is 31.2 Å². The van der Waals surface area contributed by atoms with Crippen LogP contribution in [0.3, 0.4) is 0 Å². The minimum atomic E-state index is -0.376. The maximum atomic E-state index is 12.8. The van der Waals surface area contributed by atoms with Crippen LogP contribution in [0.4, 0.5) is 11.4 Å². The molecule has 0 saturated carbocycles. The molecule has 5 nitrogen and oxygen atoms in total. The number of benzene rings is 3. The molecule has 1 aliphatic heterocycles. The standard InChI is InChI=1S/C27H28N2O3/c1-4-20-8-12-23(13-9-20)29-17-21(16-26(29)30)27(31)28-22-10-14-24(15-11-22)32-25-7-5-6-18(2)19(25)3/h5-15,21H,4,16-17H2,1-3H3,(H,28,31)/t21-/m1/s1. The van der Waals surface area contributed by atoms with Crippen molar-refractivity contribution in [3.63, 3.8) is 0 Å². The summed E-state index contributed by atoms with van der Waals surface area (Å²) in [6.07, 6.45) is 1.17. The van der Waals surface area contributed by atoms with E-state index in [2.05, 4.69) is 25.2 Å². The van der Waals surface area contributed by atoms with Crippen molar-refractivity contribution in [1.29, 1.82) is 0 Å². The lowest BCUT2D eigenvalue weighted by Gasteiger charge is -2.17. The molecule has 1 heterocycles. The fraction of sp³-hybridized carbons (Fsp3) is 0.259. The van der Waals surface area contributed by atoms with E-state index in [9.17, 15) is 9.59 Å². The first-order chi connectivity index (χ1) is 15.4. The predicted molar refractivity (Wildman–Crippen MR) is 127 cm³/mol. The third-order valence-electron chi connectivity index (χ3n) is 6.06. The lowest BCUT2D eigenvalue weighted by atomic mass is 10.1. The summed E-state index contributed by atoms with van der Waals surface area (Å²) in [5, 5.41) is 2.93. The van der Waals surface area contributed by atoms with Gasteiger partial charge in [-0.25, -0.2) is 0 Å². The Labute approximate surface area is 189 Å². The number of carbonyl (C=O) groups is 2. The molecule has 1 fully saturated rings. The molecular weight excluding hydrogens is 400 g/mol. The Kier molecular flexibility index (Phi) is 6.26. The monoisotopic (exact) mass is 428 g/mol. The summed E-state index contributed by atoms with van der Waals surface area (Å²) in [5.74, 6) is 0.980. The van der Waals surface area contributed by atoms with Crippen LogP contribution in [0.25, 0.3) is 0 Å². The normalized spacial score (nSPS) is 15.7. The van der Waals surface area contributed by atoms with Crippen LogP contribution in [0.15, 0.2) is 66.7 Å². The number of nitrogens with zero attached hydrogens (tertiary/aromatic N) is 1. The van der Waals surface area contributed by atoms with Crippen molar-refractivity contribution in [2.45, 2.75) is 33.6 Å². The quantitative estimate of drug-likeness (QED) is 0.552. The number of amides is 2. The van der Waals surface area contributed by atoms with Gasteiger partial charge >= 0.3 is 0 Å². The lowest BCUT2D eigenvalue weighted by Crippen LogP contribution is -2.28. The predicted octanol–water partition coefficient (Wildman–Crippen LogP) is 5.65. The second kappa shape index (κ2) is 9.27. The molecule has 0 radical (unpaired) electrons. The molecule has 1 aliphatic rings.